The Labute approximate surface area is 142 Å². The molecule has 0 radical (unpaired) electrons. The van der Waals surface area contributed by atoms with Crippen LogP contribution in [0.25, 0.3) is 0 Å². The highest BCUT2D eigenvalue weighted by Gasteiger charge is 2.18. The summed E-state index contributed by atoms with van der Waals surface area (Å²) in [7, 11) is 0. The van der Waals surface area contributed by atoms with E-state index in [9.17, 15) is 4.39 Å². The van der Waals surface area contributed by atoms with E-state index in [0.29, 0.717) is 0 Å². The van der Waals surface area contributed by atoms with Gasteiger partial charge in [-0.3, -0.25) is 0 Å². The lowest BCUT2D eigenvalue weighted by Crippen LogP contribution is -2.23. The predicted octanol–water partition coefficient (Wildman–Crippen LogP) is 5.89. The van der Waals surface area contributed by atoms with Gasteiger partial charge in [0.1, 0.15) is 5.82 Å². The first-order valence-electron chi connectivity index (χ1n) is 6.93. The molecule has 114 valence electrons. The van der Waals surface area contributed by atoms with Gasteiger partial charge in [-0.05, 0) is 61.0 Å². The van der Waals surface area contributed by atoms with Crippen molar-refractivity contribution in [2.24, 2.45) is 0 Å². The summed E-state index contributed by atoms with van der Waals surface area (Å²) in [6.45, 7) is 5.05. The zero-order chi connectivity index (χ0) is 15.4. The van der Waals surface area contributed by atoms with E-state index in [0.717, 1.165) is 44.9 Å². The van der Waals surface area contributed by atoms with Gasteiger partial charge in [-0.1, -0.05) is 34.5 Å². The Hall–Kier alpha value is -0.420. The Morgan fingerprint density at radius 3 is 2.71 bits per heavy atom. The quantitative estimate of drug-likeness (QED) is 0.648. The molecule has 0 fully saturated rings. The monoisotopic (exact) mass is 389 g/mol. The normalized spacial score (nSPS) is 12.6. The third-order valence-electron chi connectivity index (χ3n) is 3.24. The maximum absolute atomic E-state index is 13.5. The van der Waals surface area contributed by atoms with Crippen molar-refractivity contribution in [3.8, 4) is 0 Å². The molecule has 1 heterocycles. The summed E-state index contributed by atoms with van der Waals surface area (Å²) in [5, 5.41) is 6.41. The SMILES string of the molecule is CCCNC(Cc1cc(F)cc(Br)c1)c1scc(C)c1Cl. The molecule has 5 heteroatoms. The lowest BCUT2D eigenvalue weighted by Gasteiger charge is -2.18. The zero-order valence-corrected chi connectivity index (χ0v) is 15.2. The smallest absolute Gasteiger partial charge is 0.124 e. The van der Waals surface area contributed by atoms with Gasteiger partial charge in [0.2, 0.25) is 0 Å². The van der Waals surface area contributed by atoms with E-state index in [1.807, 2.05) is 13.0 Å². The van der Waals surface area contributed by atoms with Gasteiger partial charge in [0.15, 0.2) is 0 Å². The first-order chi connectivity index (χ1) is 10.0. The van der Waals surface area contributed by atoms with Crippen LogP contribution >= 0.6 is 38.9 Å². The largest absolute Gasteiger partial charge is 0.309 e. The Morgan fingerprint density at radius 1 is 1.38 bits per heavy atom. The first-order valence-corrected chi connectivity index (χ1v) is 8.98. The maximum Gasteiger partial charge on any atom is 0.124 e. The van der Waals surface area contributed by atoms with Gasteiger partial charge in [0.05, 0.1) is 5.02 Å². The lowest BCUT2D eigenvalue weighted by molar-refractivity contribution is 0.534. The molecular formula is C16H18BrClFNS. The Bertz CT molecular complexity index is 594. The van der Waals surface area contributed by atoms with Crippen molar-refractivity contribution in [3.63, 3.8) is 0 Å². The molecule has 21 heavy (non-hydrogen) atoms. The van der Waals surface area contributed by atoms with E-state index >= 15 is 0 Å². The number of halogens is 3. The minimum Gasteiger partial charge on any atom is -0.309 e. The number of aryl methyl sites for hydroxylation is 1. The zero-order valence-electron chi connectivity index (χ0n) is 12.1. The molecule has 0 amide bonds. The molecule has 0 saturated heterocycles. The number of hydrogen-bond acceptors (Lipinski definition) is 2. The minimum atomic E-state index is -0.220. The maximum atomic E-state index is 13.5. The summed E-state index contributed by atoms with van der Waals surface area (Å²) in [5.41, 5.74) is 2.05. The van der Waals surface area contributed by atoms with Gasteiger partial charge >= 0.3 is 0 Å². The fourth-order valence-corrected chi connectivity index (χ4v) is 4.14. The molecule has 0 spiro atoms. The minimum absolute atomic E-state index is 0.116. The number of thiophene rings is 1. The van der Waals surface area contributed by atoms with Crippen molar-refractivity contribution in [2.75, 3.05) is 6.54 Å². The molecule has 0 bridgehead atoms. The molecule has 1 aromatic carbocycles. The molecule has 2 rings (SSSR count). The summed E-state index contributed by atoms with van der Waals surface area (Å²) in [5.74, 6) is -0.220. The molecule has 0 aliphatic rings. The van der Waals surface area contributed by atoms with Crippen molar-refractivity contribution in [1.82, 2.24) is 5.32 Å². The van der Waals surface area contributed by atoms with E-state index in [1.165, 1.54) is 6.07 Å². The van der Waals surface area contributed by atoms with Gasteiger partial charge in [0.25, 0.3) is 0 Å². The van der Waals surface area contributed by atoms with E-state index in [1.54, 1.807) is 17.4 Å². The third-order valence-corrected chi connectivity index (χ3v) is 5.53. The standard InChI is InChI=1S/C16H18BrClFNS/c1-3-4-20-14(16-15(18)10(2)9-21-16)7-11-5-12(17)8-13(19)6-11/h5-6,8-9,14,20H,3-4,7H2,1-2H3. The Kier molecular flexibility index (Phi) is 6.23. The van der Waals surface area contributed by atoms with Crippen LogP contribution in [-0.4, -0.2) is 6.54 Å². The van der Waals surface area contributed by atoms with Crippen LogP contribution < -0.4 is 5.32 Å². The average Bonchev–Trinajstić information content (AvgIpc) is 2.74. The van der Waals surface area contributed by atoms with Crippen LogP contribution in [0.15, 0.2) is 28.1 Å². The van der Waals surface area contributed by atoms with E-state index in [2.05, 4.69) is 33.6 Å². The Balaban J connectivity index is 2.25. The van der Waals surface area contributed by atoms with Gasteiger partial charge in [-0.15, -0.1) is 11.3 Å². The van der Waals surface area contributed by atoms with E-state index in [4.69, 9.17) is 11.6 Å². The molecule has 2 aromatic rings. The van der Waals surface area contributed by atoms with E-state index in [-0.39, 0.29) is 11.9 Å². The van der Waals surface area contributed by atoms with Crippen molar-refractivity contribution < 1.29 is 4.39 Å². The summed E-state index contributed by atoms with van der Waals surface area (Å²) in [6, 6.07) is 5.13. The van der Waals surface area contributed by atoms with Crippen LogP contribution in [-0.2, 0) is 6.42 Å². The molecule has 0 aliphatic heterocycles. The molecule has 1 aromatic heterocycles. The highest BCUT2D eigenvalue weighted by atomic mass is 79.9. The topological polar surface area (TPSA) is 12.0 Å². The average molecular weight is 391 g/mol. The fourth-order valence-electron chi connectivity index (χ4n) is 2.23. The molecule has 1 atom stereocenters. The van der Waals surface area contributed by atoms with Gasteiger partial charge < -0.3 is 5.32 Å². The summed E-state index contributed by atoms with van der Waals surface area (Å²) < 4.78 is 14.3. The van der Waals surface area contributed by atoms with Crippen molar-refractivity contribution in [1.29, 1.82) is 0 Å². The fraction of sp³-hybridized carbons (Fsp3) is 0.375. The molecular weight excluding hydrogens is 373 g/mol. The third kappa shape index (κ3) is 4.52. The van der Waals surface area contributed by atoms with Gasteiger partial charge in [0, 0.05) is 15.4 Å². The van der Waals surface area contributed by atoms with Crippen LogP contribution in [0, 0.1) is 12.7 Å². The number of benzene rings is 1. The van der Waals surface area contributed by atoms with Crippen LogP contribution in [0.4, 0.5) is 4.39 Å². The number of rotatable bonds is 6. The first kappa shape index (κ1) is 16.9. The predicted molar refractivity (Wildman–Crippen MR) is 92.9 cm³/mol. The second kappa shape index (κ2) is 7.73. The number of hydrogen-bond donors (Lipinski definition) is 1. The molecule has 1 unspecified atom stereocenters. The van der Waals surface area contributed by atoms with Crippen LogP contribution in [0.1, 0.15) is 35.4 Å². The summed E-state index contributed by atoms with van der Waals surface area (Å²) in [6.07, 6.45) is 1.77. The molecule has 0 aliphatic carbocycles. The summed E-state index contributed by atoms with van der Waals surface area (Å²) >= 11 is 11.4. The lowest BCUT2D eigenvalue weighted by atomic mass is 10.0. The van der Waals surface area contributed by atoms with Crippen LogP contribution in [0.2, 0.25) is 5.02 Å². The van der Waals surface area contributed by atoms with Crippen LogP contribution in [0.5, 0.6) is 0 Å². The number of nitrogens with one attached hydrogen (secondary N) is 1. The van der Waals surface area contributed by atoms with Gasteiger partial charge in [-0.25, -0.2) is 4.39 Å². The highest BCUT2D eigenvalue weighted by molar-refractivity contribution is 9.10. The second-order valence-electron chi connectivity index (χ2n) is 5.09. The van der Waals surface area contributed by atoms with Crippen LogP contribution in [0.3, 0.4) is 0 Å². The summed E-state index contributed by atoms with van der Waals surface area (Å²) in [4.78, 5) is 1.13. The molecule has 1 nitrogen and oxygen atoms in total. The molecule has 0 saturated carbocycles. The molecule has 1 N–H and O–H groups in total. The Morgan fingerprint density at radius 2 is 2.14 bits per heavy atom. The van der Waals surface area contributed by atoms with Crippen molar-refractivity contribution in [2.45, 2.75) is 32.7 Å². The van der Waals surface area contributed by atoms with Crippen molar-refractivity contribution >= 4 is 38.9 Å². The van der Waals surface area contributed by atoms with Gasteiger partial charge in [-0.2, -0.15) is 0 Å². The van der Waals surface area contributed by atoms with E-state index < -0.39 is 0 Å². The highest BCUT2D eigenvalue weighted by Crippen LogP contribution is 2.34. The second-order valence-corrected chi connectivity index (χ2v) is 7.29. The van der Waals surface area contributed by atoms with Crippen molar-refractivity contribution in [3.05, 3.63) is 54.9 Å².